The Labute approximate surface area is 154 Å². The van der Waals surface area contributed by atoms with E-state index in [1.807, 2.05) is 6.07 Å². The van der Waals surface area contributed by atoms with Gasteiger partial charge in [0.25, 0.3) is 5.56 Å². The van der Waals surface area contributed by atoms with Crippen molar-refractivity contribution in [2.75, 3.05) is 19.6 Å². The van der Waals surface area contributed by atoms with Crippen LogP contribution < -0.4 is 5.56 Å². The van der Waals surface area contributed by atoms with E-state index in [1.54, 1.807) is 10.7 Å². The predicted octanol–water partition coefficient (Wildman–Crippen LogP) is 1.60. The van der Waals surface area contributed by atoms with Gasteiger partial charge in [0, 0.05) is 31.1 Å². The van der Waals surface area contributed by atoms with Gasteiger partial charge in [-0.15, -0.1) is 0 Å². The van der Waals surface area contributed by atoms with Crippen LogP contribution in [0.2, 0.25) is 0 Å². The van der Waals surface area contributed by atoms with Crippen molar-refractivity contribution in [1.82, 2.24) is 19.6 Å². The Morgan fingerprint density at radius 1 is 0.923 bits per heavy atom. The zero-order valence-electron chi connectivity index (χ0n) is 15.3. The van der Waals surface area contributed by atoms with E-state index < -0.39 is 0 Å². The van der Waals surface area contributed by atoms with Crippen LogP contribution in [0.1, 0.15) is 56.6 Å². The molecular formula is C20H28N4O2. The summed E-state index contributed by atoms with van der Waals surface area (Å²) in [5, 5.41) is 4.60. The van der Waals surface area contributed by atoms with Crippen molar-refractivity contribution >= 4 is 5.91 Å². The molecule has 6 nitrogen and oxygen atoms in total. The lowest BCUT2D eigenvalue weighted by atomic mass is 9.95. The molecule has 0 spiro atoms. The second-order valence-electron chi connectivity index (χ2n) is 8.60. The molecule has 26 heavy (non-hydrogen) atoms. The summed E-state index contributed by atoms with van der Waals surface area (Å²) in [7, 11) is 0. The first-order chi connectivity index (χ1) is 12.7. The van der Waals surface area contributed by atoms with E-state index in [-0.39, 0.29) is 11.6 Å². The molecule has 1 aromatic rings. The van der Waals surface area contributed by atoms with Crippen LogP contribution in [-0.4, -0.2) is 57.2 Å². The number of piperidine rings is 1. The summed E-state index contributed by atoms with van der Waals surface area (Å²) in [6.07, 6.45) is 7.90. The first-order valence-corrected chi connectivity index (χ1v) is 10.3. The fourth-order valence-electron chi connectivity index (χ4n) is 4.66. The van der Waals surface area contributed by atoms with E-state index in [0.29, 0.717) is 23.8 Å². The molecule has 0 radical (unpaired) electrons. The highest BCUT2D eigenvalue weighted by molar-refractivity contribution is 5.84. The molecule has 1 unspecified atom stereocenters. The van der Waals surface area contributed by atoms with Crippen LogP contribution in [-0.2, 0) is 11.3 Å². The van der Waals surface area contributed by atoms with Gasteiger partial charge in [0.05, 0.1) is 11.7 Å². The van der Waals surface area contributed by atoms with Gasteiger partial charge in [0.1, 0.15) is 0 Å². The lowest BCUT2D eigenvalue weighted by Crippen LogP contribution is -2.46. The zero-order valence-corrected chi connectivity index (χ0v) is 15.3. The van der Waals surface area contributed by atoms with Gasteiger partial charge in [-0.25, -0.2) is 4.68 Å². The molecule has 0 N–H and O–H groups in total. The topological polar surface area (TPSA) is 58.4 Å². The van der Waals surface area contributed by atoms with Gasteiger partial charge in [-0.1, -0.05) is 0 Å². The maximum Gasteiger partial charge on any atom is 0.266 e. The van der Waals surface area contributed by atoms with Crippen molar-refractivity contribution in [1.29, 1.82) is 0 Å². The molecule has 5 rings (SSSR count). The summed E-state index contributed by atoms with van der Waals surface area (Å²) in [5.41, 5.74) is 1.10. The monoisotopic (exact) mass is 356 g/mol. The highest BCUT2D eigenvalue weighted by Crippen LogP contribution is 2.38. The number of carbonyl (C=O) groups excluding carboxylic acids is 1. The van der Waals surface area contributed by atoms with Gasteiger partial charge in [-0.05, 0) is 70.0 Å². The molecule has 140 valence electrons. The summed E-state index contributed by atoms with van der Waals surface area (Å²) in [4.78, 5) is 29.3. The Morgan fingerprint density at radius 2 is 1.69 bits per heavy atom. The van der Waals surface area contributed by atoms with Crippen molar-refractivity contribution in [3.05, 3.63) is 28.2 Å². The molecule has 2 aliphatic carbocycles. The maximum atomic E-state index is 12.6. The molecule has 2 aliphatic heterocycles. The normalized spacial score (nSPS) is 28.1. The second-order valence-corrected chi connectivity index (χ2v) is 8.60. The van der Waals surface area contributed by atoms with Crippen molar-refractivity contribution in [2.45, 2.75) is 69.5 Å². The average molecular weight is 356 g/mol. The highest BCUT2D eigenvalue weighted by atomic mass is 16.2. The molecule has 0 bridgehead atoms. The first-order valence-electron chi connectivity index (χ1n) is 10.3. The van der Waals surface area contributed by atoms with Crippen LogP contribution in [0.25, 0.3) is 0 Å². The molecule has 1 atom stereocenters. The highest BCUT2D eigenvalue weighted by Gasteiger charge is 2.43. The third-order valence-electron chi connectivity index (χ3n) is 6.60. The van der Waals surface area contributed by atoms with E-state index in [0.717, 1.165) is 51.1 Å². The molecule has 2 saturated carbocycles. The lowest BCUT2D eigenvalue weighted by molar-refractivity contribution is -0.133. The van der Waals surface area contributed by atoms with Crippen molar-refractivity contribution in [2.24, 2.45) is 5.92 Å². The Bertz CT molecular complexity index is 744. The number of rotatable bonds is 5. The Morgan fingerprint density at radius 3 is 2.38 bits per heavy atom. The smallest absolute Gasteiger partial charge is 0.266 e. The summed E-state index contributed by atoms with van der Waals surface area (Å²) in [6, 6.07) is 4.23. The van der Waals surface area contributed by atoms with Gasteiger partial charge >= 0.3 is 0 Å². The van der Waals surface area contributed by atoms with Crippen molar-refractivity contribution in [3.8, 4) is 0 Å². The van der Waals surface area contributed by atoms with Crippen LogP contribution in [0.3, 0.4) is 0 Å². The number of hydrogen-bond donors (Lipinski definition) is 0. The van der Waals surface area contributed by atoms with Gasteiger partial charge in [0.15, 0.2) is 0 Å². The molecule has 4 aliphatic rings. The van der Waals surface area contributed by atoms with Gasteiger partial charge in [0.2, 0.25) is 5.91 Å². The van der Waals surface area contributed by atoms with Gasteiger partial charge in [-0.3, -0.25) is 14.5 Å². The molecule has 1 amide bonds. The molecule has 1 aromatic heterocycles. The summed E-state index contributed by atoms with van der Waals surface area (Å²) < 4.78 is 1.68. The number of carbonyl (C=O) groups is 1. The van der Waals surface area contributed by atoms with Crippen molar-refractivity contribution < 1.29 is 4.79 Å². The maximum absolute atomic E-state index is 12.6. The molecule has 2 saturated heterocycles. The lowest BCUT2D eigenvalue weighted by Gasteiger charge is -2.35. The molecule has 6 heteroatoms. The number of aromatic nitrogens is 2. The fourth-order valence-corrected chi connectivity index (χ4v) is 4.66. The Hall–Kier alpha value is -1.69. The van der Waals surface area contributed by atoms with Crippen LogP contribution in [0.4, 0.5) is 0 Å². The summed E-state index contributed by atoms with van der Waals surface area (Å²) in [5.74, 6) is 1.43. The second kappa shape index (κ2) is 6.48. The van der Waals surface area contributed by atoms with Gasteiger partial charge in [-0.2, -0.15) is 5.10 Å². The van der Waals surface area contributed by atoms with Crippen LogP contribution in [0, 0.1) is 5.92 Å². The van der Waals surface area contributed by atoms with Crippen LogP contribution in [0.15, 0.2) is 16.9 Å². The molecule has 3 heterocycles. The van der Waals surface area contributed by atoms with Crippen molar-refractivity contribution in [3.63, 3.8) is 0 Å². The SMILES string of the molecule is O=C1C(N2CCC(Cn3nc(C4CC4)ccc3=O)CC2)CCN1C1CC1. The number of amides is 1. The van der Waals surface area contributed by atoms with Crippen LogP contribution >= 0.6 is 0 Å². The fraction of sp³-hybridized carbons (Fsp3) is 0.750. The third kappa shape index (κ3) is 3.20. The number of hydrogen-bond acceptors (Lipinski definition) is 4. The number of nitrogens with zero attached hydrogens (tertiary/aromatic N) is 4. The third-order valence-corrected chi connectivity index (χ3v) is 6.60. The Balaban J connectivity index is 1.18. The standard InChI is InChI=1S/C20H28N4O2/c25-19-6-5-17(15-1-2-15)21-24(19)13-14-7-10-22(11-8-14)18-9-12-23(20(18)26)16-3-4-16/h5-6,14-16,18H,1-4,7-13H2. The van der Waals surface area contributed by atoms with E-state index in [1.165, 1.54) is 25.7 Å². The minimum Gasteiger partial charge on any atom is -0.338 e. The average Bonchev–Trinajstić information content (AvgIpc) is 3.56. The largest absolute Gasteiger partial charge is 0.338 e. The molecular weight excluding hydrogens is 328 g/mol. The molecule has 4 fully saturated rings. The van der Waals surface area contributed by atoms with Gasteiger partial charge < -0.3 is 4.90 Å². The molecule has 0 aromatic carbocycles. The minimum atomic E-state index is 0.0166. The van der Waals surface area contributed by atoms with E-state index in [9.17, 15) is 9.59 Å². The minimum absolute atomic E-state index is 0.0166. The quantitative estimate of drug-likeness (QED) is 0.804. The van der Waals surface area contributed by atoms with E-state index >= 15 is 0 Å². The number of likely N-dealkylation sites (tertiary alicyclic amines) is 2. The predicted molar refractivity (Wildman–Crippen MR) is 97.9 cm³/mol. The summed E-state index contributed by atoms with van der Waals surface area (Å²) in [6.45, 7) is 3.61. The summed E-state index contributed by atoms with van der Waals surface area (Å²) >= 11 is 0. The Kier molecular flexibility index (Phi) is 4.11. The van der Waals surface area contributed by atoms with E-state index in [4.69, 9.17) is 0 Å². The van der Waals surface area contributed by atoms with Crippen LogP contribution in [0.5, 0.6) is 0 Å². The zero-order chi connectivity index (χ0) is 17.7. The van der Waals surface area contributed by atoms with E-state index in [2.05, 4.69) is 14.9 Å². The first kappa shape index (κ1) is 16.5.